The largest absolute Gasteiger partial charge is 0.444 e. The zero-order chi connectivity index (χ0) is 21.6. The Morgan fingerprint density at radius 1 is 1.03 bits per heavy atom. The van der Waals surface area contributed by atoms with Gasteiger partial charge in [0.2, 0.25) is 5.91 Å². The summed E-state index contributed by atoms with van der Waals surface area (Å²) in [7, 11) is 0. The molecule has 0 saturated heterocycles. The molecule has 1 aromatic heterocycles. The van der Waals surface area contributed by atoms with Gasteiger partial charge in [-0.2, -0.15) is 4.37 Å². The Kier molecular flexibility index (Phi) is 6.89. The Hall–Kier alpha value is -3.13. The number of nitrogens with zero attached hydrogens (tertiary/aromatic N) is 1. The summed E-state index contributed by atoms with van der Waals surface area (Å²) < 4.78 is 10.8. The molecule has 3 N–H and O–H groups in total. The van der Waals surface area contributed by atoms with Gasteiger partial charge in [0.1, 0.15) is 17.5 Å². The molecule has 8 heteroatoms. The number of fused-ring (bicyclic) bond motifs is 1. The third-order valence-corrected chi connectivity index (χ3v) is 4.98. The summed E-state index contributed by atoms with van der Waals surface area (Å²) in [6.07, 6.45) is -0.640. The van der Waals surface area contributed by atoms with Crippen molar-refractivity contribution in [2.45, 2.75) is 32.4 Å². The van der Waals surface area contributed by atoms with E-state index in [1.165, 1.54) is 11.5 Å². The van der Waals surface area contributed by atoms with E-state index in [-0.39, 0.29) is 5.91 Å². The Morgan fingerprint density at radius 2 is 1.73 bits per heavy atom. The van der Waals surface area contributed by atoms with E-state index in [0.29, 0.717) is 18.7 Å². The predicted molar refractivity (Wildman–Crippen MR) is 120 cm³/mol. The van der Waals surface area contributed by atoms with Crippen LogP contribution in [0.2, 0.25) is 0 Å². The van der Waals surface area contributed by atoms with E-state index in [1.807, 2.05) is 42.5 Å². The topological polar surface area (TPSA) is 92.3 Å². The van der Waals surface area contributed by atoms with Gasteiger partial charge >= 0.3 is 6.09 Å². The van der Waals surface area contributed by atoms with Crippen molar-refractivity contribution in [3.8, 4) is 0 Å². The molecular weight excluding hydrogens is 400 g/mol. The summed E-state index contributed by atoms with van der Waals surface area (Å²) >= 11 is 1.43. The molecule has 158 valence electrons. The number of carbonyl (C=O) groups is 2. The predicted octanol–water partition coefficient (Wildman–Crippen LogP) is 4.09. The van der Waals surface area contributed by atoms with E-state index < -0.39 is 17.7 Å². The van der Waals surface area contributed by atoms with Gasteiger partial charge < -0.3 is 20.7 Å². The molecular formula is C22H26N4O3S. The highest BCUT2D eigenvalue weighted by Gasteiger charge is 2.25. The van der Waals surface area contributed by atoms with Crippen molar-refractivity contribution < 1.29 is 14.3 Å². The molecule has 1 atom stereocenters. The van der Waals surface area contributed by atoms with E-state index in [4.69, 9.17) is 4.74 Å². The van der Waals surface area contributed by atoms with Crippen LogP contribution in [0.5, 0.6) is 0 Å². The molecule has 3 rings (SSSR count). The number of benzene rings is 2. The second-order valence-electron chi connectivity index (χ2n) is 7.74. The highest BCUT2D eigenvalue weighted by Crippen LogP contribution is 2.25. The first-order valence-corrected chi connectivity index (χ1v) is 10.5. The second kappa shape index (κ2) is 9.58. The van der Waals surface area contributed by atoms with Crippen molar-refractivity contribution in [3.63, 3.8) is 0 Å². The molecule has 3 aromatic rings. The molecule has 0 unspecified atom stereocenters. The fourth-order valence-electron chi connectivity index (χ4n) is 2.85. The number of ether oxygens (including phenoxy) is 1. The van der Waals surface area contributed by atoms with Crippen LogP contribution in [-0.2, 0) is 9.53 Å². The SMILES string of the molecule is CC(C)(C)OC(=O)N[C@@H](C(=O)NCCNc1nsc2ccccc12)c1ccccc1. The molecule has 0 saturated carbocycles. The lowest BCUT2D eigenvalue weighted by molar-refractivity contribution is -0.123. The van der Waals surface area contributed by atoms with Gasteiger partial charge in [0, 0.05) is 18.5 Å². The molecule has 0 aliphatic heterocycles. The molecule has 1 heterocycles. The normalized spacial score (nSPS) is 12.2. The maximum absolute atomic E-state index is 12.8. The first-order valence-electron chi connectivity index (χ1n) is 9.74. The molecule has 0 radical (unpaired) electrons. The minimum atomic E-state index is -0.846. The highest BCUT2D eigenvalue weighted by atomic mass is 32.1. The van der Waals surface area contributed by atoms with Gasteiger partial charge in [-0.1, -0.05) is 42.5 Å². The number of hydrogen-bond donors (Lipinski definition) is 3. The van der Waals surface area contributed by atoms with Crippen LogP contribution in [0, 0.1) is 0 Å². The molecule has 2 amide bonds. The number of aromatic nitrogens is 1. The smallest absolute Gasteiger partial charge is 0.408 e. The van der Waals surface area contributed by atoms with Gasteiger partial charge in [0.05, 0.1) is 4.70 Å². The van der Waals surface area contributed by atoms with Crippen molar-refractivity contribution in [1.82, 2.24) is 15.0 Å². The van der Waals surface area contributed by atoms with Crippen molar-refractivity contribution in [2.24, 2.45) is 0 Å². The van der Waals surface area contributed by atoms with Crippen molar-refractivity contribution in [2.75, 3.05) is 18.4 Å². The standard InChI is InChI=1S/C22H26N4O3S/c1-22(2,3)29-21(28)25-18(15-9-5-4-6-10-15)20(27)24-14-13-23-19-16-11-7-8-12-17(16)30-26-19/h4-12,18H,13-14H2,1-3H3,(H,23,26)(H,24,27)(H,25,28)/t18-/m1/s1. The zero-order valence-corrected chi connectivity index (χ0v) is 18.1. The number of carbonyl (C=O) groups excluding carboxylic acids is 2. The molecule has 7 nitrogen and oxygen atoms in total. The van der Waals surface area contributed by atoms with Crippen molar-refractivity contribution >= 4 is 39.4 Å². The van der Waals surface area contributed by atoms with Gasteiger partial charge in [-0.05, 0) is 50.0 Å². The average molecular weight is 427 g/mol. The van der Waals surface area contributed by atoms with Gasteiger partial charge in [0.15, 0.2) is 0 Å². The van der Waals surface area contributed by atoms with Crippen LogP contribution in [-0.4, -0.2) is 35.1 Å². The summed E-state index contributed by atoms with van der Waals surface area (Å²) in [6, 6.07) is 16.2. The molecule has 0 spiro atoms. The molecule has 0 aliphatic carbocycles. The number of amides is 2. The molecule has 0 aliphatic rings. The lowest BCUT2D eigenvalue weighted by Crippen LogP contribution is -2.43. The Labute approximate surface area is 180 Å². The van der Waals surface area contributed by atoms with Crippen LogP contribution in [0.25, 0.3) is 10.1 Å². The highest BCUT2D eigenvalue weighted by molar-refractivity contribution is 7.13. The third kappa shape index (κ3) is 5.93. The van der Waals surface area contributed by atoms with Crippen molar-refractivity contribution in [1.29, 1.82) is 0 Å². The van der Waals surface area contributed by atoms with Crippen LogP contribution < -0.4 is 16.0 Å². The van der Waals surface area contributed by atoms with E-state index in [1.54, 1.807) is 32.9 Å². The van der Waals surface area contributed by atoms with Gasteiger partial charge in [0.25, 0.3) is 0 Å². The Morgan fingerprint density at radius 3 is 2.47 bits per heavy atom. The second-order valence-corrected chi connectivity index (χ2v) is 8.54. The number of nitrogens with one attached hydrogen (secondary N) is 3. The summed E-state index contributed by atoms with van der Waals surface area (Å²) in [5.74, 6) is 0.494. The quantitative estimate of drug-likeness (QED) is 0.495. The first kappa shape index (κ1) is 21.6. The van der Waals surface area contributed by atoms with Crippen LogP contribution in [0.4, 0.5) is 10.6 Å². The summed E-state index contributed by atoms with van der Waals surface area (Å²) in [6.45, 7) is 6.21. The Balaban J connectivity index is 1.58. The van der Waals surface area contributed by atoms with E-state index in [2.05, 4.69) is 20.3 Å². The average Bonchev–Trinajstić information content (AvgIpc) is 3.12. The number of rotatable bonds is 7. The minimum absolute atomic E-state index is 0.308. The van der Waals surface area contributed by atoms with Gasteiger partial charge in [-0.3, -0.25) is 4.79 Å². The third-order valence-electron chi connectivity index (χ3n) is 4.15. The van der Waals surface area contributed by atoms with Crippen LogP contribution >= 0.6 is 11.5 Å². The van der Waals surface area contributed by atoms with Crippen LogP contribution in [0.15, 0.2) is 54.6 Å². The van der Waals surface area contributed by atoms with E-state index >= 15 is 0 Å². The number of anilines is 1. The molecule has 30 heavy (non-hydrogen) atoms. The van der Waals surface area contributed by atoms with E-state index in [9.17, 15) is 9.59 Å². The minimum Gasteiger partial charge on any atom is -0.444 e. The van der Waals surface area contributed by atoms with Gasteiger partial charge in [-0.25, -0.2) is 4.79 Å². The van der Waals surface area contributed by atoms with E-state index in [0.717, 1.165) is 15.9 Å². The van der Waals surface area contributed by atoms with Gasteiger partial charge in [-0.15, -0.1) is 0 Å². The first-order chi connectivity index (χ1) is 14.3. The molecule has 0 fully saturated rings. The number of hydrogen-bond acceptors (Lipinski definition) is 6. The maximum Gasteiger partial charge on any atom is 0.408 e. The Bertz CT molecular complexity index is 998. The fourth-order valence-corrected chi connectivity index (χ4v) is 3.61. The monoisotopic (exact) mass is 426 g/mol. The lowest BCUT2D eigenvalue weighted by Gasteiger charge is -2.23. The maximum atomic E-state index is 12.8. The summed E-state index contributed by atoms with van der Waals surface area (Å²) in [5, 5.41) is 9.83. The molecule has 0 bridgehead atoms. The number of alkyl carbamates (subject to hydrolysis) is 1. The fraction of sp³-hybridized carbons (Fsp3) is 0.318. The van der Waals surface area contributed by atoms with Crippen LogP contribution in [0.1, 0.15) is 32.4 Å². The molecule has 2 aromatic carbocycles. The summed E-state index contributed by atoms with van der Waals surface area (Å²) in [4.78, 5) is 25.0. The summed E-state index contributed by atoms with van der Waals surface area (Å²) in [5.41, 5.74) is 0.0292. The lowest BCUT2D eigenvalue weighted by atomic mass is 10.1. The zero-order valence-electron chi connectivity index (χ0n) is 17.3. The van der Waals surface area contributed by atoms with Crippen LogP contribution in [0.3, 0.4) is 0 Å². The van der Waals surface area contributed by atoms with Crippen molar-refractivity contribution in [3.05, 3.63) is 60.2 Å².